The van der Waals surface area contributed by atoms with Gasteiger partial charge in [0.1, 0.15) is 0 Å². The Labute approximate surface area is 139 Å². The lowest BCUT2D eigenvalue weighted by Crippen LogP contribution is -2.13. The normalized spacial score (nSPS) is 15.4. The van der Waals surface area contributed by atoms with Crippen molar-refractivity contribution in [1.29, 1.82) is 0 Å². The van der Waals surface area contributed by atoms with E-state index < -0.39 is 0 Å². The van der Waals surface area contributed by atoms with Crippen molar-refractivity contribution < 1.29 is 0 Å². The maximum Gasteiger partial charge on any atom is 0.203 e. The lowest BCUT2D eigenvalue weighted by Gasteiger charge is -2.17. The summed E-state index contributed by atoms with van der Waals surface area (Å²) in [6.07, 6.45) is 3.32. The van der Waals surface area contributed by atoms with Crippen LogP contribution in [0.25, 0.3) is 11.3 Å². The van der Waals surface area contributed by atoms with E-state index in [1.165, 1.54) is 11.1 Å². The molecule has 114 valence electrons. The Kier molecular flexibility index (Phi) is 3.90. The van der Waals surface area contributed by atoms with Crippen LogP contribution >= 0.6 is 11.3 Å². The zero-order valence-corrected chi connectivity index (χ0v) is 13.5. The predicted molar refractivity (Wildman–Crippen MR) is 97.1 cm³/mol. The summed E-state index contributed by atoms with van der Waals surface area (Å²) in [7, 11) is 0. The fraction of sp³-hybridized carbons (Fsp3) is 0.158. The first-order chi connectivity index (χ1) is 11.4. The molecule has 4 heteroatoms. The minimum Gasteiger partial charge on any atom is -0.252 e. The first kappa shape index (κ1) is 14.2. The number of anilines is 1. The van der Waals surface area contributed by atoms with Crippen LogP contribution in [0.4, 0.5) is 5.13 Å². The van der Waals surface area contributed by atoms with Crippen molar-refractivity contribution in [2.75, 3.05) is 5.43 Å². The molecule has 0 saturated carbocycles. The van der Waals surface area contributed by atoms with Crippen molar-refractivity contribution >= 4 is 22.2 Å². The van der Waals surface area contributed by atoms with Crippen LogP contribution in [0, 0.1) is 0 Å². The molecule has 0 unspecified atom stereocenters. The van der Waals surface area contributed by atoms with Gasteiger partial charge < -0.3 is 0 Å². The Bertz CT molecular complexity index is 837. The highest BCUT2D eigenvalue weighted by molar-refractivity contribution is 7.14. The molecule has 1 aromatic heterocycles. The van der Waals surface area contributed by atoms with Crippen LogP contribution in [0.1, 0.15) is 24.0 Å². The third-order valence-corrected chi connectivity index (χ3v) is 4.80. The van der Waals surface area contributed by atoms with E-state index in [2.05, 4.69) is 57.3 Å². The van der Waals surface area contributed by atoms with E-state index >= 15 is 0 Å². The predicted octanol–water partition coefficient (Wildman–Crippen LogP) is 4.96. The van der Waals surface area contributed by atoms with Gasteiger partial charge in [-0.3, -0.25) is 5.43 Å². The highest BCUT2D eigenvalue weighted by Crippen LogP contribution is 2.26. The number of aromatic nitrogens is 1. The molecule has 0 spiro atoms. The molecule has 23 heavy (non-hydrogen) atoms. The van der Waals surface area contributed by atoms with Gasteiger partial charge in [-0.1, -0.05) is 54.6 Å². The molecule has 0 radical (unpaired) electrons. The summed E-state index contributed by atoms with van der Waals surface area (Å²) >= 11 is 1.58. The maximum absolute atomic E-state index is 4.62. The van der Waals surface area contributed by atoms with Gasteiger partial charge in [-0.15, -0.1) is 11.3 Å². The van der Waals surface area contributed by atoms with Crippen LogP contribution in [0.5, 0.6) is 0 Å². The molecule has 1 N–H and O–H groups in total. The number of hydrogen-bond donors (Lipinski definition) is 1. The molecule has 1 heterocycles. The van der Waals surface area contributed by atoms with Gasteiger partial charge in [0.25, 0.3) is 0 Å². The molecule has 0 saturated heterocycles. The first-order valence-corrected chi connectivity index (χ1v) is 8.70. The number of rotatable bonds is 3. The average molecular weight is 319 g/mol. The minimum absolute atomic E-state index is 0.833. The molecular formula is C19H17N3S. The largest absolute Gasteiger partial charge is 0.252 e. The third-order valence-electron chi connectivity index (χ3n) is 4.05. The molecule has 0 aliphatic heterocycles. The summed E-state index contributed by atoms with van der Waals surface area (Å²) in [5.74, 6) is 0. The van der Waals surface area contributed by atoms with Crippen molar-refractivity contribution in [3.63, 3.8) is 0 Å². The lowest BCUT2D eigenvalue weighted by atomic mass is 9.90. The zero-order valence-electron chi connectivity index (χ0n) is 12.7. The number of thiazole rings is 1. The molecule has 1 aliphatic carbocycles. The standard InChI is InChI=1S/C19H17N3S/c1-2-8-15(9-3-1)18-13-23-19(20-18)22-21-17-12-6-10-14-7-4-5-11-16(14)17/h1-5,7-9,11,13H,6,10,12H2,(H,20,22)/b21-17-. The monoisotopic (exact) mass is 319 g/mol. The second-order valence-electron chi connectivity index (χ2n) is 5.58. The van der Waals surface area contributed by atoms with Crippen LogP contribution in [-0.4, -0.2) is 10.7 Å². The van der Waals surface area contributed by atoms with E-state index in [9.17, 15) is 0 Å². The summed E-state index contributed by atoms with van der Waals surface area (Å²) in [4.78, 5) is 4.62. The summed E-state index contributed by atoms with van der Waals surface area (Å²) in [6, 6.07) is 18.7. The SMILES string of the molecule is c1ccc(-c2csc(N/N=C3/CCCc4ccccc43)n2)cc1. The number of aryl methyl sites for hydroxylation is 1. The van der Waals surface area contributed by atoms with E-state index in [0.29, 0.717) is 0 Å². The van der Waals surface area contributed by atoms with E-state index in [4.69, 9.17) is 0 Å². The van der Waals surface area contributed by atoms with E-state index in [1.807, 2.05) is 18.2 Å². The number of hydrazone groups is 1. The highest BCUT2D eigenvalue weighted by Gasteiger charge is 2.14. The van der Waals surface area contributed by atoms with Gasteiger partial charge in [0.15, 0.2) is 0 Å². The zero-order chi connectivity index (χ0) is 15.5. The summed E-state index contributed by atoms with van der Waals surface area (Å²) in [5, 5.41) is 7.51. The van der Waals surface area contributed by atoms with Crippen LogP contribution in [0.2, 0.25) is 0 Å². The van der Waals surface area contributed by atoms with Crippen LogP contribution in [0.15, 0.2) is 65.1 Å². The third kappa shape index (κ3) is 3.03. The Morgan fingerprint density at radius 1 is 0.957 bits per heavy atom. The molecular weight excluding hydrogens is 302 g/mol. The maximum atomic E-state index is 4.62. The molecule has 4 rings (SSSR count). The number of nitrogens with zero attached hydrogens (tertiary/aromatic N) is 2. The second-order valence-corrected chi connectivity index (χ2v) is 6.44. The number of nitrogens with one attached hydrogen (secondary N) is 1. The highest BCUT2D eigenvalue weighted by atomic mass is 32.1. The molecule has 3 aromatic rings. The minimum atomic E-state index is 0.833. The molecule has 0 atom stereocenters. The Morgan fingerprint density at radius 2 is 1.78 bits per heavy atom. The van der Waals surface area contributed by atoms with Crippen molar-refractivity contribution in [1.82, 2.24) is 4.98 Å². The van der Waals surface area contributed by atoms with Gasteiger partial charge in [-0.2, -0.15) is 5.10 Å². The lowest BCUT2D eigenvalue weighted by molar-refractivity contribution is 0.837. The van der Waals surface area contributed by atoms with E-state index in [1.54, 1.807) is 11.3 Å². The van der Waals surface area contributed by atoms with Gasteiger partial charge in [-0.05, 0) is 24.8 Å². The summed E-state index contributed by atoms with van der Waals surface area (Å²) in [5.41, 5.74) is 9.05. The fourth-order valence-electron chi connectivity index (χ4n) is 2.90. The quantitative estimate of drug-likeness (QED) is 0.693. The van der Waals surface area contributed by atoms with Gasteiger partial charge in [-0.25, -0.2) is 4.98 Å². The fourth-order valence-corrected chi connectivity index (χ4v) is 3.56. The second kappa shape index (κ2) is 6.34. The van der Waals surface area contributed by atoms with Crippen molar-refractivity contribution in [3.05, 3.63) is 71.1 Å². The Hall–Kier alpha value is -2.46. The topological polar surface area (TPSA) is 37.3 Å². The van der Waals surface area contributed by atoms with Gasteiger partial charge in [0.2, 0.25) is 5.13 Å². The first-order valence-electron chi connectivity index (χ1n) is 7.82. The smallest absolute Gasteiger partial charge is 0.203 e. The summed E-state index contributed by atoms with van der Waals surface area (Å²) < 4.78 is 0. The molecule has 2 aromatic carbocycles. The summed E-state index contributed by atoms with van der Waals surface area (Å²) in [6.45, 7) is 0. The van der Waals surface area contributed by atoms with Crippen molar-refractivity contribution in [2.24, 2.45) is 5.10 Å². The Morgan fingerprint density at radius 3 is 2.70 bits per heavy atom. The van der Waals surface area contributed by atoms with Crippen molar-refractivity contribution in [3.8, 4) is 11.3 Å². The van der Waals surface area contributed by atoms with Crippen molar-refractivity contribution in [2.45, 2.75) is 19.3 Å². The number of hydrogen-bond acceptors (Lipinski definition) is 4. The van der Waals surface area contributed by atoms with Crippen LogP contribution in [-0.2, 0) is 6.42 Å². The van der Waals surface area contributed by atoms with E-state index in [-0.39, 0.29) is 0 Å². The molecule has 0 amide bonds. The molecule has 1 aliphatic rings. The van der Waals surface area contributed by atoms with E-state index in [0.717, 1.165) is 41.4 Å². The Balaban J connectivity index is 1.55. The molecule has 3 nitrogen and oxygen atoms in total. The van der Waals surface area contributed by atoms with Gasteiger partial charge in [0, 0.05) is 16.5 Å². The number of benzene rings is 2. The molecule has 0 bridgehead atoms. The molecule has 0 fully saturated rings. The number of fused-ring (bicyclic) bond motifs is 1. The van der Waals surface area contributed by atoms with Gasteiger partial charge in [0.05, 0.1) is 11.4 Å². The van der Waals surface area contributed by atoms with Gasteiger partial charge >= 0.3 is 0 Å². The van der Waals surface area contributed by atoms with Crippen LogP contribution in [0.3, 0.4) is 0 Å². The van der Waals surface area contributed by atoms with Crippen LogP contribution < -0.4 is 5.43 Å². The average Bonchev–Trinajstić information content (AvgIpc) is 3.10.